The maximum Gasteiger partial charge on any atom is 1.00 e. The average Bonchev–Trinajstić information content (AvgIpc) is 2.05. The van der Waals surface area contributed by atoms with Gasteiger partial charge in [0.25, 0.3) is 0 Å². The van der Waals surface area contributed by atoms with Gasteiger partial charge in [-0.05, 0) is 12.1 Å². The number of hydrogen-bond acceptors (Lipinski definition) is 3. The molecule has 1 aromatic rings. The molecule has 6 heteroatoms. The van der Waals surface area contributed by atoms with E-state index < -0.39 is 5.97 Å². The van der Waals surface area contributed by atoms with Crippen LogP contribution in [-0.4, -0.2) is 24.0 Å². The molecule has 0 saturated heterocycles. The van der Waals surface area contributed by atoms with Crippen LogP contribution in [0.3, 0.4) is 0 Å². The molecule has 0 aromatic heterocycles. The third-order valence-electron chi connectivity index (χ3n) is 1.28. The molecule has 1 aromatic carbocycles. The number of hydrogen-bond donors (Lipinski definition) is 0. The largest absolute Gasteiger partial charge is 1.00 e. The first-order valence-electron chi connectivity index (χ1n) is 3.09. The van der Waals surface area contributed by atoms with Gasteiger partial charge in [-0.1, -0.05) is 12.1 Å². The van der Waals surface area contributed by atoms with Crippen molar-refractivity contribution in [3.63, 3.8) is 0 Å². The zero-order chi connectivity index (χ0) is 8.27. The molecule has 0 bridgehead atoms. The molecule has 1 rings (SSSR count). The quantitative estimate of drug-likeness (QED) is 0.346. The predicted molar refractivity (Wildman–Crippen MR) is 44.5 cm³/mol. The number of carbonyl (C=O) groups is 1. The Hall–Kier alpha value is -0.590. The van der Waals surface area contributed by atoms with Crippen molar-refractivity contribution in [2.24, 2.45) is 0 Å². The second-order valence-electron chi connectivity index (χ2n) is 2.02. The summed E-state index contributed by atoms with van der Waals surface area (Å²) in [5, 5.41) is 10.6. The Kier molecular flexibility index (Phi) is 12.2. The number of esters is 1. The zero-order valence-electron chi connectivity index (χ0n) is 8.03. The molecule has 0 radical (unpaired) electrons. The van der Waals surface area contributed by atoms with Crippen molar-refractivity contribution in [1.82, 2.24) is 0 Å². The number of rotatable bonds is 1. The monoisotopic (exact) mass is 210 g/mol. The third-order valence-corrected chi connectivity index (χ3v) is 1.28. The van der Waals surface area contributed by atoms with Crippen molar-refractivity contribution < 1.29 is 55.1 Å². The van der Waals surface area contributed by atoms with Gasteiger partial charge < -0.3 is 20.8 Å². The van der Waals surface area contributed by atoms with E-state index in [1.807, 2.05) is 0 Å². The summed E-state index contributed by atoms with van der Waals surface area (Å²) in [5.41, 5.74) is 0.395. The summed E-state index contributed by atoms with van der Waals surface area (Å²) in [7, 11) is 1.30. The Balaban J connectivity index is -0.000000403. The van der Waals surface area contributed by atoms with Crippen molar-refractivity contribution in [3.05, 3.63) is 29.8 Å². The van der Waals surface area contributed by atoms with Crippen molar-refractivity contribution >= 4 is 5.97 Å². The molecule has 0 atom stereocenters. The van der Waals surface area contributed by atoms with Crippen LogP contribution in [0.4, 0.5) is 0 Å². The van der Waals surface area contributed by atoms with Crippen LogP contribution in [0.2, 0.25) is 0 Å². The van der Waals surface area contributed by atoms with Gasteiger partial charge >= 0.3 is 35.5 Å². The fourth-order valence-corrected chi connectivity index (χ4v) is 0.709. The minimum absolute atomic E-state index is 0. The van der Waals surface area contributed by atoms with Crippen LogP contribution in [0.5, 0.6) is 5.75 Å². The Morgan fingerprint density at radius 2 is 1.64 bits per heavy atom. The average molecular weight is 210 g/mol. The Bertz CT molecular complexity index is 259. The van der Waals surface area contributed by atoms with Gasteiger partial charge in [0.2, 0.25) is 0 Å². The molecule has 0 spiro atoms. The fraction of sp³-hybridized carbons (Fsp3) is 0.125. The Morgan fingerprint density at radius 1 is 1.21 bits per heavy atom. The molecule has 0 amide bonds. The maximum atomic E-state index is 10.8. The van der Waals surface area contributed by atoms with E-state index in [0.717, 1.165) is 0 Å². The SMILES string of the molecule is COC(=O)c1ccc([O-])cc1.O.O.[Na+]. The molecule has 0 unspecified atom stereocenters. The second-order valence-corrected chi connectivity index (χ2v) is 2.02. The first kappa shape index (κ1) is 19.1. The van der Waals surface area contributed by atoms with E-state index in [1.54, 1.807) is 0 Å². The summed E-state index contributed by atoms with van der Waals surface area (Å²) in [6, 6.07) is 5.53. The van der Waals surface area contributed by atoms with E-state index in [2.05, 4.69) is 4.74 Å². The second kappa shape index (κ2) is 8.98. The summed E-state index contributed by atoms with van der Waals surface area (Å²) >= 11 is 0. The van der Waals surface area contributed by atoms with Crippen molar-refractivity contribution in [2.75, 3.05) is 7.11 Å². The van der Waals surface area contributed by atoms with E-state index in [-0.39, 0.29) is 46.3 Å². The molecule has 0 aliphatic rings. The van der Waals surface area contributed by atoms with Gasteiger partial charge in [0.05, 0.1) is 12.7 Å². The summed E-state index contributed by atoms with van der Waals surface area (Å²) < 4.78 is 4.44. The van der Waals surface area contributed by atoms with Crippen molar-refractivity contribution in [1.29, 1.82) is 0 Å². The van der Waals surface area contributed by atoms with E-state index in [4.69, 9.17) is 0 Å². The van der Waals surface area contributed by atoms with Crippen LogP contribution in [0.15, 0.2) is 24.3 Å². The Labute approximate surface area is 104 Å². The molecule has 0 aliphatic carbocycles. The topological polar surface area (TPSA) is 112 Å². The molecular formula is C8H11NaO5. The summed E-state index contributed by atoms with van der Waals surface area (Å²) in [6.45, 7) is 0. The third kappa shape index (κ3) is 5.21. The molecule has 74 valence electrons. The van der Waals surface area contributed by atoms with Crippen LogP contribution in [0.25, 0.3) is 0 Å². The van der Waals surface area contributed by atoms with Crippen LogP contribution in [0, 0.1) is 0 Å². The van der Waals surface area contributed by atoms with Crippen LogP contribution >= 0.6 is 0 Å². The van der Waals surface area contributed by atoms with E-state index in [1.165, 1.54) is 31.4 Å². The molecule has 4 N–H and O–H groups in total. The van der Waals surface area contributed by atoms with E-state index >= 15 is 0 Å². The zero-order valence-corrected chi connectivity index (χ0v) is 10.0. The molecule has 0 heterocycles. The van der Waals surface area contributed by atoms with Gasteiger partial charge in [-0.3, -0.25) is 0 Å². The molecular weight excluding hydrogens is 199 g/mol. The molecule has 0 fully saturated rings. The summed E-state index contributed by atoms with van der Waals surface area (Å²) in [5.74, 6) is -0.539. The molecule has 14 heavy (non-hydrogen) atoms. The first-order chi connectivity index (χ1) is 5.24. The maximum absolute atomic E-state index is 10.8. The number of benzene rings is 1. The van der Waals surface area contributed by atoms with Crippen LogP contribution in [-0.2, 0) is 4.74 Å². The minimum atomic E-state index is -0.426. The van der Waals surface area contributed by atoms with Gasteiger partial charge in [-0.15, -0.1) is 5.75 Å². The number of methoxy groups -OCH3 is 1. The summed E-state index contributed by atoms with van der Waals surface area (Å²) in [6.07, 6.45) is 0. The number of carbonyl (C=O) groups excluding carboxylic acids is 1. The fourth-order valence-electron chi connectivity index (χ4n) is 0.709. The van der Waals surface area contributed by atoms with Crippen molar-refractivity contribution in [2.45, 2.75) is 0 Å². The Morgan fingerprint density at radius 3 is 2.00 bits per heavy atom. The van der Waals surface area contributed by atoms with Gasteiger partial charge in [0, 0.05) is 0 Å². The van der Waals surface area contributed by atoms with E-state index in [0.29, 0.717) is 5.56 Å². The van der Waals surface area contributed by atoms with Gasteiger partial charge in [-0.25, -0.2) is 4.79 Å². The van der Waals surface area contributed by atoms with Crippen LogP contribution in [0.1, 0.15) is 10.4 Å². The van der Waals surface area contributed by atoms with Crippen molar-refractivity contribution in [3.8, 4) is 5.75 Å². The van der Waals surface area contributed by atoms with Crippen LogP contribution < -0.4 is 34.7 Å². The number of ether oxygens (including phenoxy) is 1. The summed E-state index contributed by atoms with van der Waals surface area (Å²) in [4.78, 5) is 10.8. The van der Waals surface area contributed by atoms with Gasteiger partial charge in [0.1, 0.15) is 0 Å². The van der Waals surface area contributed by atoms with E-state index in [9.17, 15) is 9.90 Å². The van der Waals surface area contributed by atoms with Gasteiger partial charge in [0.15, 0.2) is 0 Å². The predicted octanol–water partition coefficient (Wildman–Crippen LogP) is -4.10. The smallest absolute Gasteiger partial charge is 0.872 e. The molecule has 0 saturated carbocycles. The standard InChI is InChI=1S/C8H8O3.Na.2H2O/c1-11-8(10)6-2-4-7(9)5-3-6;;;/h2-5,9H,1H3;;2*1H2/q;+1;;/p-1. The van der Waals surface area contributed by atoms with Gasteiger partial charge in [-0.2, -0.15) is 0 Å². The first-order valence-corrected chi connectivity index (χ1v) is 3.09. The molecule has 5 nitrogen and oxygen atoms in total. The normalized spacial score (nSPS) is 7.21. The molecule has 0 aliphatic heterocycles. The minimum Gasteiger partial charge on any atom is -0.872 e.